The molecule has 1 aliphatic rings. The van der Waals surface area contributed by atoms with Crippen molar-refractivity contribution < 1.29 is 9.47 Å². The molecule has 2 N–H and O–H groups in total. The van der Waals surface area contributed by atoms with Gasteiger partial charge in [0.15, 0.2) is 0 Å². The Labute approximate surface area is 109 Å². The summed E-state index contributed by atoms with van der Waals surface area (Å²) in [5.74, 6) is 2.27. The van der Waals surface area contributed by atoms with E-state index in [4.69, 9.17) is 15.2 Å². The van der Waals surface area contributed by atoms with E-state index in [-0.39, 0.29) is 5.54 Å². The lowest BCUT2D eigenvalue weighted by Gasteiger charge is -2.18. The quantitative estimate of drug-likeness (QED) is 0.872. The molecule has 0 heterocycles. The summed E-state index contributed by atoms with van der Waals surface area (Å²) in [6, 6.07) is 4.17. The molecule has 100 valence electrons. The van der Waals surface area contributed by atoms with Crippen LogP contribution in [0.25, 0.3) is 0 Å². The highest BCUT2D eigenvalue weighted by molar-refractivity contribution is 5.48. The molecule has 0 radical (unpaired) electrons. The topological polar surface area (TPSA) is 44.5 Å². The summed E-state index contributed by atoms with van der Waals surface area (Å²) in [5, 5.41) is 0. The minimum atomic E-state index is -0.0162. The molecule has 0 aliphatic heterocycles. The van der Waals surface area contributed by atoms with E-state index in [1.807, 2.05) is 0 Å². The highest BCUT2D eigenvalue weighted by Gasteiger charge is 2.39. The summed E-state index contributed by atoms with van der Waals surface area (Å²) in [4.78, 5) is 0. The molecule has 0 amide bonds. The summed E-state index contributed by atoms with van der Waals surface area (Å²) in [6.45, 7) is 4.31. The van der Waals surface area contributed by atoms with Crippen molar-refractivity contribution in [2.75, 3.05) is 14.2 Å². The summed E-state index contributed by atoms with van der Waals surface area (Å²) in [7, 11) is 3.43. The molecular weight excluding hydrogens is 226 g/mol. The van der Waals surface area contributed by atoms with Gasteiger partial charge in [0.25, 0.3) is 0 Å². The van der Waals surface area contributed by atoms with Crippen molar-refractivity contribution in [3.63, 3.8) is 0 Å². The molecule has 1 aromatic rings. The molecule has 1 aromatic carbocycles. The van der Waals surface area contributed by atoms with Gasteiger partial charge in [0.1, 0.15) is 11.5 Å². The van der Waals surface area contributed by atoms with E-state index in [9.17, 15) is 0 Å². The monoisotopic (exact) mass is 249 g/mol. The second kappa shape index (κ2) is 4.81. The van der Waals surface area contributed by atoms with Crippen molar-refractivity contribution >= 4 is 0 Å². The van der Waals surface area contributed by atoms with Gasteiger partial charge in [-0.25, -0.2) is 0 Å². The van der Waals surface area contributed by atoms with E-state index < -0.39 is 0 Å². The van der Waals surface area contributed by atoms with Crippen molar-refractivity contribution in [2.24, 2.45) is 5.73 Å². The zero-order valence-electron chi connectivity index (χ0n) is 11.7. The predicted octanol–water partition coefficient (Wildman–Crippen LogP) is 2.86. The highest BCUT2D eigenvalue weighted by atomic mass is 16.5. The van der Waals surface area contributed by atoms with Gasteiger partial charge in [-0.2, -0.15) is 0 Å². The van der Waals surface area contributed by atoms with E-state index in [2.05, 4.69) is 26.0 Å². The van der Waals surface area contributed by atoms with Gasteiger partial charge in [-0.15, -0.1) is 0 Å². The largest absolute Gasteiger partial charge is 0.496 e. The van der Waals surface area contributed by atoms with Crippen LogP contribution in [0.2, 0.25) is 0 Å². The first-order chi connectivity index (χ1) is 8.49. The Bertz CT molecular complexity index is 436. The van der Waals surface area contributed by atoms with Crippen molar-refractivity contribution in [2.45, 2.75) is 44.6 Å². The maximum Gasteiger partial charge on any atom is 0.122 e. The van der Waals surface area contributed by atoms with Crippen LogP contribution >= 0.6 is 0 Å². The molecule has 18 heavy (non-hydrogen) atoms. The molecular formula is C15H23NO2. The predicted molar refractivity (Wildman–Crippen MR) is 73.5 cm³/mol. The molecule has 0 aromatic heterocycles. The number of hydrogen-bond acceptors (Lipinski definition) is 3. The van der Waals surface area contributed by atoms with E-state index in [0.29, 0.717) is 5.92 Å². The summed E-state index contributed by atoms with van der Waals surface area (Å²) in [6.07, 6.45) is 3.07. The fourth-order valence-electron chi connectivity index (χ4n) is 2.29. The van der Waals surface area contributed by atoms with Crippen LogP contribution in [0.3, 0.4) is 0 Å². The first-order valence-corrected chi connectivity index (χ1v) is 6.53. The third kappa shape index (κ3) is 2.61. The van der Waals surface area contributed by atoms with E-state index >= 15 is 0 Å². The van der Waals surface area contributed by atoms with Gasteiger partial charge in [0, 0.05) is 11.1 Å². The number of hydrogen-bond donors (Lipinski definition) is 1. The molecule has 1 fully saturated rings. The standard InChI is InChI=1S/C15H23NO2/c1-10(2)12-8-13(17-3)11(7-14(12)18-4)9-15(16)5-6-15/h7-8,10H,5-6,9,16H2,1-4H3. The van der Waals surface area contributed by atoms with Gasteiger partial charge in [0.05, 0.1) is 14.2 Å². The molecule has 1 saturated carbocycles. The molecule has 0 unspecified atom stereocenters. The van der Waals surface area contributed by atoms with Gasteiger partial charge in [-0.3, -0.25) is 0 Å². The van der Waals surface area contributed by atoms with Crippen LogP contribution in [0, 0.1) is 0 Å². The minimum Gasteiger partial charge on any atom is -0.496 e. The van der Waals surface area contributed by atoms with Crippen LogP contribution < -0.4 is 15.2 Å². The van der Waals surface area contributed by atoms with Gasteiger partial charge in [0.2, 0.25) is 0 Å². The molecule has 0 bridgehead atoms. The van der Waals surface area contributed by atoms with Crippen LogP contribution in [-0.2, 0) is 6.42 Å². The van der Waals surface area contributed by atoms with Crippen LogP contribution in [-0.4, -0.2) is 19.8 Å². The molecule has 0 atom stereocenters. The van der Waals surface area contributed by atoms with Gasteiger partial charge < -0.3 is 15.2 Å². The first kappa shape index (κ1) is 13.2. The molecule has 0 spiro atoms. The maximum atomic E-state index is 6.20. The van der Waals surface area contributed by atoms with Crippen LogP contribution in [0.15, 0.2) is 12.1 Å². The Morgan fingerprint density at radius 2 is 1.78 bits per heavy atom. The van der Waals surface area contributed by atoms with Crippen molar-refractivity contribution in [1.29, 1.82) is 0 Å². The van der Waals surface area contributed by atoms with E-state index in [1.54, 1.807) is 14.2 Å². The second-order valence-electron chi connectivity index (χ2n) is 5.60. The number of benzene rings is 1. The van der Waals surface area contributed by atoms with Crippen molar-refractivity contribution in [3.8, 4) is 11.5 Å². The van der Waals surface area contributed by atoms with Gasteiger partial charge in [-0.05, 0) is 42.9 Å². The number of ether oxygens (including phenoxy) is 2. The van der Waals surface area contributed by atoms with Crippen molar-refractivity contribution in [1.82, 2.24) is 0 Å². The number of rotatable bonds is 5. The van der Waals surface area contributed by atoms with Gasteiger partial charge >= 0.3 is 0 Å². The Kier molecular flexibility index (Phi) is 3.53. The third-order valence-electron chi connectivity index (χ3n) is 3.69. The molecule has 0 saturated heterocycles. The molecule has 3 heteroatoms. The lowest BCUT2D eigenvalue weighted by molar-refractivity contribution is 0.391. The third-order valence-corrected chi connectivity index (χ3v) is 3.69. The highest BCUT2D eigenvalue weighted by Crippen LogP contribution is 2.40. The Hall–Kier alpha value is -1.22. The fraction of sp³-hybridized carbons (Fsp3) is 0.600. The summed E-state index contributed by atoms with van der Waals surface area (Å²) in [5.41, 5.74) is 8.51. The number of nitrogens with two attached hydrogens (primary N) is 1. The molecule has 1 aliphatic carbocycles. The first-order valence-electron chi connectivity index (χ1n) is 6.53. The normalized spacial score (nSPS) is 16.8. The van der Waals surface area contributed by atoms with Crippen LogP contribution in [0.1, 0.15) is 43.7 Å². The smallest absolute Gasteiger partial charge is 0.122 e. The Morgan fingerprint density at radius 3 is 2.22 bits per heavy atom. The Balaban J connectivity index is 2.38. The lowest BCUT2D eigenvalue weighted by atomic mass is 9.96. The van der Waals surface area contributed by atoms with E-state index in [1.165, 1.54) is 5.56 Å². The number of methoxy groups -OCH3 is 2. The fourth-order valence-corrected chi connectivity index (χ4v) is 2.29. The zero-order chi connectivity index (χ0) is 13.3. The molecule has 2 rings (SSSR count). The SMILES string of the molecule is COc1cc(C(C)C)c(OC)cc1CC1(N)CC1. The maximum absolute atomic E-state index is 6.20. The summed E-state index contributed by atoms with van der Waals surface area (Å²) >= 11 is 0. The minimum absolute atomic E-state index is 0.0162. The average Bonchev–Trinajstić information content (AvgIpc) is 3.05. The van der Waals surface area contributed by atoms with Gasteiger partial charge in [-0.1, -0.05) is 13.8 Å². The van der Waals surface area contributed by atoms with Crippen LogP contribution in [0.5, 0.6) is 11.5 Å². The summed E-state index contributed by atoms with van der Waals surface area (Å²) < 4.78 is 11.0. The Morgan fingerprint density at radius 1 is 1.17 bits per heavy atom. The van der Waals surface area contributed by atoms with Crippen LogP contribution in [0.4, 0.5) is 0 Å². The zero-order valence-corrected chi connectivity index (χ0v) is 11.7. The lowest BCUT2D eigenvalue weighted by Crippen LogP contribution is -2.24. The van der Waals surface area contributed by atoms with Crippen molar-refractivity contribution in [3.05, 3.63) is 23.3 Å². The van der Waals surface area contributed by atoms with E-state index in [0.717, 1.165) is 36.3 Å². The average molecular weight is 249 g/mol. The second-order valence-corrected chi connectivity index (χ2v) is 5.60. The molecule has 3 nitrogen and oxygen atoms in total.